The number of fused-ring (bicyclic) bond motifs is 1. The zero-order valence-corrected chi connectivity index (χ0v) is 16.3. The van der Waals surface area contributed by atoms with Crippen LogP contribution in [0.25, 0.3) is 0 Å². The molecule has 0 fully saturated rings. The average Bonchev–Trinajstić information content (AvgIpc) is 2.60. The number of rotatable bonds is 2. The molecule has 3 heterocycles. The molecule has 0 spiro atoms. The van der Waals surface area contributed by atoms with Crippen LogP contribution in [-0.2, 0) is 9.47 Å². The Morgan fingerprint density at radius 2 is 1.41 bits per heavy atom. The molecular weight excluding hydrogens is 374 g/mol. The van der Waals surface area contributed by atoms with E-state index in [1.165, 1.54) is 16.8 Å². The molecule has 1 aromatic carbocycles. The Labute approximate surface area is 160 Å². The van der Waals surface area contributed by atoms with E-state index in [2.05, 4.69) is 67.1 Å². The first-order valence-electron chi connectivity index (χ1n) is 8.39. The zero-order chi connectivity index (χ0) is 20.0. The number of pyridine rings is 1. The summed E-state index contributed by atoms with van der Waals surface area (Å²) in [5.41, 5.74) is 3.77. The van der Waals surface area contributed by atoms with Gasteiger partial charge in [-0.2, -0.15) is 4.57 Å². The molecule has 0 saturated heterocycles. The van der Waals surface area contributed by atoms with Crippen molar-refractivity contribution in [2.24, 2.45) is 5.41 Å². The van der Waals surface area contributed by atoms with Gasteiger partial charge in [0, 0.05) is 31.9 Å². The largest absolute Gasteiger partial charge is 0.351 e. The van der Waals surface area contributed by atoms with Crippen LogP contribution in [0.4, 0.5) is 0 Å². The van der Waals surface area contributed by atoms with Gasteiger partial charge in [0.15, 0.2) is 23.7 Å². The Morgan fingerprint density at radius 1 is 0.889 bits per heavy atom. The van der Waals surface area contributed by atoms with Gasteiger partial charge in [0.05, 0.1) is 5.41 Å². The molecule has 2 atom stereocenters. The second kappa shape index (κ2) is 6.79. The molecule has 0 radical (unpaired) electrons. The average molecular weight is 396 g/mol. The summed E-state index contributed by atoms with van der Waals surface area (Å²) in [7, 11) is -1.41. The van der Waals surface area contributed by atoms with Crippen molar-refractivity contribution in [1.29, 1.82) is 0 Å². The summed E-state index contributed by atoms with van der Waals surface area (Å²) in [6.07, 6.45) is 2.18. The lowest BCUT2D eigenvalue weighted by molar-refractivity contribution is -2.00. The molecule has 7 nitrogen and oxygen atoms in total. The van der Waals surface area contributed by atoms with E-state index >= 15 is 0 Å². The van der Waals surface area contributed by atoms with Crippen molar-refractivity contribution >= 4 is 0 Å². The summed E-state index contributed by atoms with van der Waals surface area (Å²) in [6, 6.07) is 15.3. The maximum absolute atomic E-state index is 8.49. The molecule has 146 valence electrons. The van der Waals surface area contributed by atoms with E-state index in [-0.39, 0.29) is 17.4 Å². The fraction of sp³-hybridized carbons (Fsp3) is 0.421. The quantitative estimate of drug-likeness (QED) is 0.441. The first kappa shape index (κ1) is 20.2. The predicted octanol–water partition coefficient (Wildman–Crippen LogP) is -1.72. The van der Waals surface area contributed by atoms with Crippen molar-refractivity contribution < 1.29 is 42.9 Å². The third-order valence-electron chi connectivity index (χ3n) is 5.67. The third-order valence-corrected chi connectivity index (χ3v) is 5.67. The van der Waals surface area contributed by atoms with Crippen LogP contribution in [0.1, 0.15) is 42.6 Å². The van der Waals surface area contributed by atoms with Crippen LogP contribution in [0.5, 0.6) is 0 Å². The van der Waals surface area contributed by atoms with Crippen LogP contribution in [0.2, 0.25) is 0 Å². The minimum Gasteiger partial charge on any atom is -0.351 e. The number of benzene rings is 1. The van der Waals surface area contributed by atoms with Crippen molar-refractivity contribution in [2.75, 3.05) is 14.2 Å². The molecule has 2 aromatic rings. The molecule has 0 N–H and O–H groups in total. The van der Waals surface area contributed by atoms with E-state index in [9.17, 15) is 0 Å². The number of methoxy groups -OCH3 is 2. The van der Waals surface area contributed by atoms with Gasteiger partial charge in [0.2, 0.25) is 0 Å². The first-order valence-corrected chi connectivity index (χ1v) is 9.63. The number of halogens is 1. The van der Waals surface area contributed by atoms with E-state index in [1.54, 1.807) is 14.2 Å². The van der Waals surface area contributed by atoms with E-state index in [0.29, 0.717) is 0 Å². The van der Waals surface area contributed by atoms with Crippen molar-refractivity contribution in [1.82, 2.24) is 0 Å². The highest BCUT2D eigenvalue weighted by atomic mass is 35.7. The van der Waals surface area contributed by atoms with E-state index < -0.39 is 16.0 Å². The van der Waals surface area contributed by atoms with Gasteiger partial charge in [-0.1, -0.05) is 30.3 Å². The minimum atomic E-state index is -4.94. The molecule has 27 heavy (non-hydrogen) atoms. The van der Waals surface area contributed by atoms with E-state index in [1.807, 2.05) is 0 Å². The second-order valence-corrected chi connectivity index (χ2v) is 7.93. The lowest BCUT2D eigenvalue weighted by Crippen LogP contribution is -2.71. The van der Waals surface area contributed by atoms with Crippen molar-refractivity contribution in [3.05, 3.63) is 65.5 Å². The Morgan fingerprint density at radius 3 is 1.96 bits per heavy atom. The van der Waals surface area contributed by atoms with Crippen LogP contribution < -0.4 is 23.2 Å². The van der Waals surface area contributed by atoms with Crippen LogP contribution in [0.3, 0.4) is 0 Å². The van der Waals surface area contributed by atoms with Gasteiger partial charge >= 0.3 is 0 Å². The SMILES string of the molecule is COC1(OC)C2c3ccccc3C([n+]3ccccc32)C1(C)C.[O-][Cl+3]([O-])([O-])[O-]. The molecule has 8 heteroatoms. The van der Waals surface area contributed by atoms with Crippen molar-refractivity contribution in [3.63, 3.8) is 0 Å². The normalized spacial score (nSPS) is 23.7. The van der Waals surface area contributed by atoms with Crippen molar-refractivity contribution in [3.8, 4) is 0 Å². The lowest BCUT2D eigenvalue weighted by atomic mass is 9.57. The zero-order valence-electron chi connectivity index (χ0n) is 15.5. The second-order valence-electron chi connectivity index (χ2n) is 7.17. The summed E-state index contributed by atoms with van der Waals surface area (Å²) in [5, 5.41) is 0. The summed E-state index contributed by atoms with van der Waals surface area (Å²) < 4.78 is 48.5. The summed E-state index contributed by atoms with van der Waals surface area (Å²) in [4.78, 5) is 0. The highest BCUT2D eigenvalue weighted by Crippen LogP contribution is 2.61. The summed E-state index contributed by atoms with van der Waals surface area (Å²) >= 11 is 0. The number of nitrogens with zero attached hydrogens (tertiary/aromatic N) is 1. The summed E-state index contributed by atoms with van der Waals surface area (Å²) in [6.45, 7) is 4.49. The van der Waals surface area contributed by atoms with Crippen LogP contribution in [-0.4, -0.2) is 20.0 Å². The Kier molecular flexibility index (Phi) is 5.07. The van der Waals surface area contributed by atoms with Crippen LogP contribution in [0.15, 0.2) is 48.7 Å². The highest BCUT2D eigenvalue weighted by Gasteiger charge is 2.69. The minimum absolute atomic E-state index is 0.0694. The Bertz CT molecular complexity index is 777. The van der Waals surface area contributed by atoms with Crippen molar-refractivity contribution in [2.45, 2.75) is 31.6 Å². The van der Waals surface area contributed by atoms with Gasteiger partial charge < -0.3 is 9.47 Å². The molecule has 0 amide bonds. The van der Waals surface area contributed by atoms with Crippen LogP contribution in [0, 0.1) is 15.7 Å². The molecule has 5 rings (SSSR count). The molecule has 0 saturated carbocycles. The number of aromatic nitrogens is 1. The molecule has 1 aliphatic carbocycles. The van der Waals surface area contributed by atoms with Gasteiger partial charge in [-0.3, -0.25) is 0 Å². The maximum atomic E-state index is 8.49. The molecule has 2 unspecified atom stereocenters. The monoisotopic (exact) mass is 395 g/mol. The van der Waals surface area contributed by atoms with Gasteiger partial charge in [-0.05, 0) is 19.4 Å². The van der Waals surface area contributed by atoms with Gasteiger partial charge in [-0.15, -0.1) is 10.2 Å². The number of ether oxygens (including phenoxy) is 2. The highest BCUT2D eigenvalue weighted by molar-refractivity contribution is 5.45. The standard InChI is InChI=1S/C19H22NO2.ClHO4/c1-18(2)17-14-10-6-5-9-13(14)16(19(18,21-3)22-4)15-11-7-8-12-20(15)17;2-1(3,4)5/h5-12,16-17H,1-4H3;(H,2,3,4,5)/q+1;/p-1. The predicted molar refractivity (Wildman–Crippen MR) is 83.6 cm³/mol. The summed E-state index contributed by atoms with van der Waals surface area (Å²) in [5.74, 6) is -0.590. The first-order chi connectivity index (χ1) is 12.6. The van der Waals surface area contributed by atoms with Crippen LogP contribution >= 0.6 is 0 Å². The number of hydrogen-bond donors (Lipinski definition) is 0. The fourth-order valence-electron chi connectivity index (χ4n) is 4.82. The van der Waals surface area contributed by atoms with Gasteiger partial charge in [-0.25, -0.2) is 18.6 Å². The number of hydrogen-bond acceptors (Lipinski definition) is 6. The molecule has 2 bridgehead atoms. The molecule has 3 aliphatic rings. The Balaban J connectivity index is 0.000000376. The van der Waals surface area contributed by atoms with Gasteiger partial charge in [0.25, 0.3) is 0 Å². The Hall–Kier alpha value is -1.58. The van der Waals surface area contributed by atoms with Gasteiger partial charge in [0.1, 0.15) is 5.92 Å². The molecule has 1 aromatic heterocycles. The third kappa shape index (κ3) is 3.05. The lowest BCUT2D eigenvalue weighted by Gasteiger charge is -2.56. The molecular formula is C19H22ClNO6. The van der Waals surface area contributed by atoms with E-state index in [4.69, 9.17) is 28.1 Å². The topological polar surface area (TPSA) is 115 Å². The fourth-order valence-corrected chi connectivity index (χ4v) is 4.82. The maximum Gasteiger partial charge on any atom is 0.196 e. The van der Waals surface area contributed by atoms with E-state index in [0.717, 1.165) is 0 Å². The smallest absolute Gasteiger partial charge is 0.196 e. The molecule has 2 aliphatic heterocycles.